The first-order valence-corrected chi connectivity index (χ1v) is 9.43. The van der Waals surface area contributed by atoms with Gasteiger partial charge in [0, 0.05) is 61.0 Å². The lowest BCUT2D eigenvalue weighted by Gasteiger charge is -2.38. The number of nitrogens with zero attached hydrogens (tertiary/aromatic N) is 5. The minimum Gasteiger partial charge on any atom is -0.339 e. The van der Waals surface area contributed by atoms with E-state index in [0.717, 1.165) is 44.5 Å². The molecule has 0 aromatic carbocycles. The number of hydrogen-bond acceptors (Lipinski definition) is 4. The van der Waals surface area contributed by atoms with Crippen molar-refractivity contribution in [1.29, 1.82) is 0 Å². The molecule has 0 aliphatic carbocycles. The number of piperidine rings is 1. The number of amides is 1. The Kier molecular flexibility index (Phi) is 3.77. The number of likely N-dealkylation sites (tertiary alicyclic amines) is 1. The highest BCUT2D eigenvalue weighted by Crippen LogP contribution is 2.44. The monoisotopic (exact) mass is 359 g/mol. The van der Waals surface area contributed by atoms with Crippen molar-refractivity contribution in [2.24, 2.45) is 0 Å². The summed E-state index contributed by atoms with van der Waals surface area (Å²) in [4.78, 5) is 27.6. The largest absolute Gasteiger partial charge is 0.339 e. The number of carbonyl (C=O) groups excluding carboxylic acids is 1. The molecule has 0 bridgehead atoms. The Morgan fingerprint density at radius 2 is 1.52 bits per heavy atom. The molecule has 3 aromatic rings. The fourth-order valence-corrected chi connectivity index (χ4v) is 4.50. The maximum absolute atomic E-state index is 12.7. The zero-order chi connectivity index (χ0) is 18.3. The summed E-state index contributed by atoms with van der Waals surface area (Å²) in [6, 6.07) is 7.64. The van der Waals surface area contributed by atoms with Crippen LogP contribution in [0, 0.1) is 0 Å². The van der Waals surface area contributed by atoms with Crippen molar-refractivity contribution in [2.75, 3.05) is 13.1 Å². The molecule has 1 amide bonds. The lowest BCUT2D eigenvalue weighted by atomic mass is 9.76. The molecule has 0 N–H and O–H groups in total. The van der Waals surface area contributed by atoms with E-state index in [-0.39, 0.29) is 11.3 Å². The van der Waals surface area contributed by atoms with Crippen LogP contribution in [0.4, 0.5) is 0 Å². The van der Waals surface area contributed by atoms with Crippen molar-refractivity contribution < 1.29 is 4.79 Å². The van der Waals surface area contributed by atoms with Gasteiger partial charge in [-0.1, -0.05) is 0 Å². The van der Waals surface area contributed by atoms with Gasteiger partial charge in [-0.15, -0.1) is 0 Å². The third-order valence-corrected chi connectivity index (χ3v) is 6.06. The van der Waals surface area contributed by atoms with Crippen LogP contribution in [-0.2, 0) is 12.0 Å². The molecule has 2 aliphatic heterocycles. The van der Waals surface area contributed by atoms with Gasteiger partial charge in [-0.05, 0) is 43.5 Å². The molecule has 3 aromatic heterocycles. The molecule has 0 radical (unpaired) electrons. The Hall–Kier alpha value is -3.02. The molecule has 2 aliphatic rings. The summed E-state index contributed by atoms with van der Waals surface area (Å²) in [6.45, 7) is 2.54. The van der Waals surface area contributed by atoms with Crippen LogP contribution in [0.15, 0.2) is 55.2 Å². The van der Waals surface area contributed by atoms with Crippen LogP contribution in [0.5, 0.6) is 0 Å². The highest BCUT2D eigenvalue weighted by Gasteiger charge is 2.44. The van der Waals surface area contributed by atoms with Gasteiger partial charge >= 0.3 is 0 Å². The number of pyridine rings is 2. The molecule has 1 saturated heterocycles. The number of hydrogen-bond donors (Lipinski definition) is 0. The van der Waals surface area contributed by atoms with Crippen molar-refractivity contribution in [3.05, 3.63) is 66.6 Å². The van der Waals surface area contributed by atoms with Crippen molar-refractivity contribution in [2.45, 2.75) is 31.2 Å². The van der Waals surface area contributed by atoms with Gasteiger partial charge in [-0.25, -0.2) is 4.98 Å². The second kappa shape index (κ2) is 6.30. The number of imidazole rings is 1. The van der Waals surface area contributed by atoms with Crippen molar-refractivity contribution in [3.8, 4) is 11.3 Å². The zero-order valence-electron chi connectivity index (χ0n) is 15.1. The molecule has 0 unspecified atom stereocenters. The van der Waals surface area contributed by atoms with Gasteiger partial charge in [-0.3, -0.25) is 14.8 Å². The van der Waals surface area contributed by atoms with E-state index in [1.165, 1.54) is 11.5 Å². The predicted molar refractivity (Wildman–Crippen MR) is 101 cm³/mol. The normalized spacial score (nSPS) is 17.9. The van der Waals surface area contributed by atoms with Gasteiger partial charge in [-0.2, -0.15) is 0 Å². The van der Waals surface area contributed by atoms with Crippen LogP contribution in [-0.4, -0.2) is 43.4 Å². The molecule has 6 nitrogen and oxygen atoms in total. The van der Waals surface area contributed by atoms with Crippen molar-refractivity contribution >= 4 is 5.91 Å². The molecule has 1 fully saturated rings. The topological polar surface area (TPSA) is 63.9 Å². The summed E-state index contributed by atoms with van der Waals surface area (Å²) in [6.07, 6.45) is 12.0. The SMILES string of the molecule is O=C(c1ccncc1)N1CCC2(CC1)CCn1c(-c3ccncc3)cnc12. The highest BCUT2D eigenvalue weighted by atomic mass is 16.2. The number of aromatic nitrogens is 4. The van der Waals surface area contributed by atoms with Gasteiger partial charge in [0.1, 0.15) is 5.82 Å². The van der Waals surface area contributed by atoms with E-state index < -0.39 is 0 Å². The van der Waals surface area contributed by atoms with Crippen LogP contribution >= 0.6 is 0 Å². The molecule has 27 heavy (non-hydrogen) atoms. The van der Waals surface area contributed by atoms with Gasteiger partial charge < -0.3 is 9.47 Å². The Morgan fingerprint density at radius 1 is 0.889 bits per heavy atom. The lowest BCUT2D eigenvalue weighted by molar-refractivity contribution is 0.0663. The quantitative estimate of drug-likeness (QED) is 0.706. The van der Waals surface area contributed by atoms with E-state index in [1.54, 1.807) is 24.5 Å². The van der Waals surface area contributed by atoms with E-state index in [2.05, 4.69) is 14.5 Å². The van der Waals surface area contributed by atoms with Crippen LogP contribution < -0.4 is 0 Å². The summed E-state index contributed by atoms with van der Waals surface area (Å²) in [5, 5.41) is 0. The molecule has 5 rings (SSSR count). The highest BCUT2D eigenvalue weighted by molar-refractivity contribution is 5.94. The molecule has 6 heteroatoms. The molecule has 1 spiro atoms. The van der Waals surface area contributed by atoms with E-state index in [9.17, 15) is 4.79 Å². The molecular weight excluding hydrogens is 338 g/mol. The zero-order valence-corrected chi connectivity index (χ0v) is 15.1. The fraction of sp³-hybridized carbons (Fsp3) is 0.333. The van der Waals surface area contributed by atoms with Crippen molar-refractivity contribution in [3.63, 3.8) is 0 Å². The van der Waals surface area contributed by atoms with Gasteiger partial charge in [0.25, 0.3) is 5.91 Å². The smallest absolute Gasteiger partial charge is 0.253 e. The Balaban J connectivity index is 1.36. The maximum Gasteiger partial charge on any atom is 0.253 e. The van der Waals surface area contributed by atoms with Gasteiger partial charge in [0.15, 0.2) is 0 Å². The third-order valence-electron chi connectivity index (χ3n) is 6.06. The van der Waals surface area contributed by atoms with Gasteiger partial charge in [0.05, 0.1) is 11.9 Å². The maximum atomic E-state index is 12.7. The summed E-state index contributed by atoms with van der Waals surface area (Å²) in [5.74, 6) is 1.29. The van der Waals surface area contributed by atoms with Crippen molar-refractivity contribution in [1.82, 2.24) is 24.4 Å². The number of fused-ring (bicyclic) bond motifs is 2. The van der Waals surface area contributed by atoms with Crippen LogP contribution in [0.25, 0.3) is 11.3 Å². The number of rotatable bonds is 2. The predicted octanol–water partition coefficient (Wildman–Crippen LogP) is 2.92. The van der Waals surface area contributed by atoms with E-state index >= 15 is 0 Å². The van der Waals surface area contributed by atoms with Crippen LogP contribution in [0.2, 0.25) is 0 Å². The Morgan fingerprint density at radius 3 is 2.22 bits per heavy atom. The molecule has 5 heterocycles. The Bertz CT molecular complexity index is 959. The fourth-order valence-electron chi connectivity index (χ4n) is 4.50. The first kappa shape index (κ1) is 16.2. The molecule has 136 valence electrons. The number of carbonyl (C=O) groups is 1. The van der Waals surface area contributed by atoms with E-state index in [0.29, 0.717) is 5.56 Å². The lowest BCUT2D eigenvalue weighted by Crippen LogP contribution is -2.44. The summed E-state index contributed by atoms with van der Waals surface area (Å²) >= 11 is 0. The van der Waals surface area contributed by atoms with Gasteiger partial charge in [0.2, 0.25) is 0 Å². The third kappa shape index (κ3) is 2.63. The van der Waals surface area contributed by atoms with Crippen LogP contribution in [0.3, 0.4) is 0 Å². The average Bonchev–Trinajstić information content (AvgIpc) is 3.31. The molecular formula is C21H21N5O. The second-order valence-electron chi connectivity index (χ2n) is 7.41. The Labute approximate surface area is 157 Å². The summed E-state index contributed by atoms with van der Waals surface area (Å²) in [7, 11) is 0. The minimum absolute atomic E-state index is 0.0975. The summed E-state index contributed by atoms with van der Waals surface area (Å²) in [5.41, 5.74) is 3.14. The molecule has 0 atom stereocenters. The summed E-state index contributed by atoms with van der Waals surface area (Å²) < 4.78 is 2.36. The van der Waals surface area contributed by atoms with E-state index in [1.807, 2.05) is 35.6 Å². The first-order chi connectivity index (χ1) is 13.3. The van der Waals surface area contributed by atoms with E-state index in [4.69, 9.17) is 4.98 Å². The standard InChI is InChI=1S/C21H21N5O/c27-19(17-3-10-23-11-4-17)25-12-5-21(6-13-25)7-14-26-18(15-24-20(21)26)16-1-8-22-9-2-16/h1-4,8-11,15H,5-7,12-14H2. The first-order valence-electron chi connectivity index (χ1n) is 9.43. The minimum atomic E-state index is 0.0975. The average molecular weight is 359 g/mol. The second-order valence-corrected chi connectivity index (χ2v) is 7.41. The van der Waals surface area contributed by atoms with Crippen LogP contribution in [0.1, 0.15) is 35.4 Å². The molecule has 0 saturated carbocycles.